The predicted octanol–water partition coefficient (Wildman–Crippen LogP) is 5.89. The third kappa shape index (κ3) is 5.35. The molecule has 4 nitrogen and oxygen atoms in total. The number of hydrogen-bond donors (Lipinski definition) is 1. The number of nitrogens with one attached hydrogen (secondary N) is 1. The van der Waals surface area contributed by atoms with Gasteiger partial charge in [-0.3, -0.25) is 9.78 Å². The highest BCUT2D eigenvalue weighted by atomic mass is 19.4. The molecular formula is C25H21F3N2O2. The lowest BCUT2D eigenvalue weighted by Gasteiger charge is -2.13. The van der Waals surface area contributed by atoms with Crippen molar-refractivity contribution < 1.29 is 22.7 Å². The van der Waals surface area contributed by atoms with E-state index in [1.165, 1.54) is 12.1 Å². The third-order valence-electron chi connectivity index (χ3n) is 5.19. The van der Waals surface area contributed by atoms with Crippen LogP contribution in [0.3, 0.4) is 0 Å². The summed E-state index contributed by atoms with van der Waals surface area (Å²) in [4.78, 5) is 16.6. The molecule has 2 heterocycles. The van der Waals surface area contributed by atoms with E-state index < -0.39 is 11.7 Å². The monoisotopic (exact) mass is 438 g/mol. The van der Waals surface area contributed by atoms with E-state index in [-0.39, 0.29) is 11.7 Å². The van der Waals surface area contributed by atoms with Gasteiger partial charge >= 0.3 is 6.18 Å². The van der Waals surface area contributed by atoms with E-state index in [1.807, 2.05) is 36.4 Å². The Morgan fingerprint density at radius 2 is 1.75 bits per heavy atom. The summed E-state index contributed by atoms with van der Waals surface area (Å²) in [5.41, 5.74) is 3.28. The van der Waals surface area contributed by atoms with Crippen LogP contribution in [0.5, 0.6) is 5.75 Å². The Hall–Kier alpha value is -3.61. The number of allylic oxidation sites excluding steroid dienone is 1. The van der Waals surface area contributed by atoms with Gasteiger partial charge < -0.3 is 10.1 Å². The Morgan fingerprint density at radius 3 is 2.47 bits per heavy atom. The summed E-state index contributed by atoms with van der Waals surface area (Å²) in [5.74, 6) is -0.188. The number of carbonyl (C=O) groups excluding carboxylic acids is 1. The first kappa shape index (κ1) is 21.6. The van der Waals surface area contributed by atoms with Crippen LogP contribution < -0.4 is 10.1 Å². The van der Waals surface area contributed by atoms with Gasteiger partial charge in [-0.15, -0.1) is 0 Å². The Kier molecular flexibility index (Phi) is 6.25. The van der Waals surface area contributed by atoms with Crippen molar-refractivity contribution in [2.45, 2.75) is 25.4 Å². The van der Waals surface area contributed by atoms with E-state index in [9.17, 15) is 18.0 Å². The predicted molar refractivity (Wildman–Crippen MR) is 116 cm³/mol. The molecule has 0 saturated carbocycles. The number of fused-ring (bicyclic) bond motifs is 1. The number of aromatic nitrogens is 1. The minimum Gasteiger partial charge on any atom is -0.493 e. The zero-order valence-electron chi connectivity index (χ0n) is 17.2. The molecule has 164 valence electrons. The van der Waals surface area contributed by atoms with E-state index >= 15 is 0 Å². The highest BCUT2D eigenvalue weighted by Crippen LogP contribution is 2.38. The lowest BCUT2D eigenvalue weighted by atomic mass is 9.99. The van der Waals surface area contributed by atoms with Crippen LogP contribution in [0, 0.1) is 0 Å². The number of benzene rings is 2. The summed E-state index contributed by atoms with van der Waals surface area (Å²) in [6, 6.07) is 14.8. The largest absolute Gasteiger partial charge is 0.493 e. The van der Waals surface area contributed by atoms with Gasteiger partial charge in [0.05, 0.1) is 12.2 Å². The molecule has 0 fully saturated rings. The molecule has 3 aromatic rings. The number of ether oxygens (including phenoxy) is 1. The summed E-state index contributed by atoms with van der Waals surface area (Å²) in [6.45, 7) is 0.298. The highest BCUT2D eigenvalue weighted by molar-refractivity contribution is 6.04. The van der Waals surface area contributed by atoms with Crippen molar-refractivity contribution in [3.05, 3.63) is 95.3 Å². The molecule has 7 heteroatoms. The number of alkyl halides is 3. The number of anilines is 1. The van der Waals surface area contributed by atoms with Crippen LogP contribution in [0.1, 0.15) is 35.1 Å². The fourth-order valence-corrected chi connectivity index (χ4v) is 3.59. The average molecular weight is 438 g/mol. The molecule has 0 radical (unpaired) electrons. The smallest absolute Gasteiger partial charge is 0.416 e. The first-order chi connectivity index (χ1) is 15.4. The maximum absolute atomic E-state index is 13.0. The molecule has 0 unspecified atom stereocenters. The molecule has 0 spiro atoms. The molecular weight excluding hydrogens is 417 g/mol. The van der Waals surface area contributed by atoms with Crippen molar-refractivity contribution in [1.82, 2.24) is 4.98 Å². The molecule has 1 N–H and O–H groups in total. The van der Waals surface area contributed by atoms with Gasteiger partial charge in [-0.25, -0.2) is 0 Å². The van der Waals surface area contributed by atoms with E-state index in [2.05, 4.69) is 10.3 Å². The van der Waals surface area contributed by atoms with E-state index in [0.717, 1.165) is 29.7 Å². The van der Waals surface area contributed by atoms with Crippen LogP contribution in [-0.4, -0.2) is 17.5 Å². The summed E-state index contributed by atoms with van der Waals surface area (Å²) in [6.07, 6.45) is 2.39. The lowest BCUT2D eigenvalue weighted by molar-refractivity contribution is -0.137. The summed E-state index contributed by atoms with van der Waals surface area (Å²) in [7, 11) is 0. The van der Waals surface area contributed by atoms with Crippen molar-refractivity contribution in [3.8, 4) is 5.75 Å². The Bertz CT molecular complexity index is 1120. The summed E-state index contributed by atoms with van der Waals surface area (Å²) >= 11 is 0. The van der Waals surface area contributed by atoms with E-state index in [4.69, 9.17) is 4.74 Å². The Labute approximate surface area is 183 Å². The molecule has 0 bridgehead atoms. The van der Waals surface area contributed by atoms with Gasteiger partial charge in [0.1, 0.15) is 5.75 Å². The molecule has 1 amide bonds. The fraction of sp³-hybridized carbons (Fsp3) is 0.200. The van der Waals surface area contributed by atoms with Crippen molar-refractivity contribution in [2.24, 2.45) is 0 Å². The topological polar surface area (TPSA) is 51.2 Å². The molecule has 2 aromatic carbocycles. The second kappa shape index (κ2) is 9.26. The third-order valence-corrected chi connectivity index (χ3v) is 5.19. The first-order valence-electron chi connectivity index (χ1n) is 10.2. The van der Waals surface area contributed by atoms with Crippen molar-refractivity contribution in [3.63, 3.8) is 0 Å². The zero-order valence-corrected chi connectivity index (χ0v) is 17.2. The minimum atomic E-state index is -4.45. The van der Waals surface area contributed by atoms with Gasteiger partial charge in [0, 0.05) is 29.7 Å². The molecule has 1 aliphatic rings. The first-order valence-corrected chi connectivity index (χ1v) is 10.2. The molecule has 4 rings (SSSR count). The standard InChI is InChI=1S/C25H21F3N2O2/c26-25(27,28)20-5-8-22-19(2-1-13-32-23(22)16-20)15-24(31)30-21-6-3-17(4-7-21)14-18-9-11-29-12-10-18/h3-12,15-16H,1-2,13-14H2,(H,30,31)/b19-15+. The van der Waals surface area contributed by atoms with Crippen LogP contribution in [0.15, 0.2) is 73.1 Å². The second-order valence-electron chi connectivity index (χ2n) is 7.55. The maximum atomic E-state index is 13.0. The van der Waals surface area contributed by atoms with Crippen LogP contribution in [-0.2, 0) is 17.4 Å². The van der Waals surface area contributed by atoms with Crippen LogP contribution >= 0.6 is 0 Å². The quantitative estimate of drug-likeness (QED) is 0.517. The molecule has 0 aliphatic carbocycles. The average Bonchev–Trinajstić information content (AvgIpc) is 2.97. The lowest BCUT2D eigenvalue weighted by Crippen LogP contribution is -2.09. The number of rotatable bonds is 4. The van der Waals surface area contributed by atoms with Crippen molar-refractivity contribution >= 4 is 17.2 Å². The minimum absolute atomic E-state index is 0.150. The number of carbonyl (C=O) groups is 1. The number of halogens is 3. The molecule has 1 aromatic heterocycles. The summed E-state index contributed by atoms with van der Waals surface area (Å²) < 4.78 is 44.6. The maximum Gasteiger partial charge on any atom is 0.416 e. The van der Waals surface area contributed by atoms with Crippen LogP contribution in [0.25, 0.3) is 5.57 Å². The van der Waals surface area contributed by atoms with E-state index in [0.29, 0.717) is 36.3 Å². The van der Waals surface area contributed by atoms with Gasteiger partial charge in [0.25, 0.3) is 0 Å². The Balaban J connectivity index is 1.48. The number of hydrogen-bond acceptors (Lipinski definition) is 3. The van der Waals surface area contributed by atoms with Crippen LogP contribution in [0.2, 0.25) is 0 Å². The highest BCUT2D eigenvalue weighted by Gasteiger charge is 2.32. The second-order valence-corrected chi connectivity index (χ2v) is 7.55. The normalized spacial score (nSPS) is 14.9. The number of amides is 1. The fourth-order valence-electron chi connectivity index (χ4n) is 3.59. The SMILES string of the molecule is O=C(/C=C1\CCCOc2cc(C(F)(F)F)ccc21)Nc1ccc(Cc2ccncc2)cc1. The number of pyridine rings is 1. The Morgan fingerprint density at radius 1 is 1.03 bits per heavy atom. The van der Waals surface area contributed by atoms with E-state index in [1.54, 1.807) is 12.4 Å². The van der Waals surface area contributed by atoms with Gasteiger partial charge in [0.15, 0.2) is 0 Å². The number of nitrogens with zero attached hydrogens (tertiary/aromatic N) is 1. The molecule has 1 aliphatic heterocycles. The van der Waals surface area contributed by atoms with Crippen LogP contribution in [0.4, 0.5) is 18.9 Å². The van der Waals surface area contributed by atoms with Gasteiger partial charge in [-0.2, -0.15) is 13.2 Å². The van der Waals surface area contributed by atoms with Crippen molar-refractivity contribution in [2.75, 3.05) is 11.9 Å². The molecule has 0 saturated heterocycles. The molecule has 0 atom stereocenters. The zero-order chi connectivity index (χ0) is 22.6. The van der Waals surface area contributed by atoms with Gasteiger partial charge in [-0.1, -0.05) is 18.2 Å². The van der Waals surface area contributed by atoms with Gasteiger partial charge in [-0.05, 0) is 72.4 Å². The van der Waals surface area contributed by atoms with Gasteiger partial charge in [0.2, 0.25) is 5.91 Å². The summed E-state index contributed by atoms with van der Waals surface area (Å²) in [5, 5.41) is 2.82. The molecule has 32 heavy (non-hydrogen) atoms. The van der Waals surface area contributed by atoms with Crippen molar-refractivity contribution in [1.29, 1.82) is 0 Å².